The Morgan fingerprint density at radius 1 is 1.14 bits per heavy atom. The van der Waals surface area contributed by atoms with Gasteiger partial charge in [0.15, 0.2) is 5.58 Å². The minimum atomic E-state index is -0.242. The Labute approximate surface area is 180 Å². The summed E-state index contributed by atoms with van der Waals surface area (Å²) < 4.78 is 11.9. The molecule has 1 N–H and O–H groups in total. The molecule has 4 rings (SSSR count). The van der Waals surface area contributed by atoms with Gasteiger partial charge in [-0.2, -0.15) is 0 Å². The highest BCUT2D eigenvalue weighted by atomic mass is 79.9. The van der Waals surface area contributed by atoms with Crippen molar-refractivity contribution in [3.8, 4) is 17.2 Å². The van der Waals surface area contributed by atoms with Crippen LogP contribution in [0.4, 0.5) is 5.69 Å². The molecule has 1 heterocycles. The van der Waals surface area contributed by atoms with Crippen LogP contribution in [0.15, 0.2) is 63.5 Å². The lowest BCUT2D eigenvalue weighted by Gasteiger charge is -2.06. The monoisotopic (exact) mass is 470 g/mol. The number of nitrogens with zero attached hydrogens (tertiary/aromatic N) is 1. The fourth-order valence-corrected chi connectivity index (χ4v) is 3.59. The average molecular weight is 472 g/mol. The fourth-order valence-electron chi connectivity index (χ4n) is 2.87. The van der Waals surface area contributed by atoms with Crippen molar-refractivity contribution in [3.05, 3.63) is 75.2 Å². The number of hydrogen-bond donors (Lipinski definition) is 1. The van der Waals surface area contributed by atoms with Gasteiger partial charge in [-0.3, -0.25) is 4.79 Å². The van der Waals surface area contributed by atoms with Crippen molar-refractivity contribution < 1.29 is 13.9 Å². The predicted octanol–water partition coefficient (Wildman–Crippen LogP) is 6.48. The van der Waals surface area contributed by atoms with Gasteiger partial charge in [0, 0.05) is 21.8 Å². The number of oxazole rings is 1. The molecule has 5 nitrogen and oxygen atoms in total. The Hall–Kier alpha value is -2.83. The van der Waals surface area contributed by atoms with Crippen LogP contribution in [0.25, 0.3) is 22.6 Å². The summed E-state index contributed by atoms with van der Waals surface area (Å²) in [6, 6.07) is 16.1. The van der Waals surface area contributed by atoms with E-state index in [1.54, 1.807) is 37.4 Å². The largest absolute Gasteiger partial charge is 0.496 e. The van der Waals surface area contributed by atoms with E-state index in [-0.39, 0.29) is 5.91 Å². The number of ether oxygens (including phenoxy) is 1. The van der Waals surface area contributed by atoms with E-state index in [0.717, 1.165) is 21.3 Å². The van der Waals surface area contributed by atoms with Crippen LogP contribution in [0.1, 0.15) is 15.9 Å². The molecule has 146 valence electrons. The first-order valence-electron chi connectivity index (χ1n) is 8.76. The van der Waals surface area contributed by atoms with Crippen molar-refractivity contribution in [2.75, 3.05) is 12.4 Å². The normalized spacial score (nSPS) is 10.9. The molecule has 3 aromatic carbocycles. The molecule has 0 aliphatic heterocycles. The number of aromatic nitrogens is 1. The molecule has 0 fully saturated rings. The number of benzene rings is 3. The number of anilines is 1. The van der Waals surface area contributed by atoms with Gasteiger partial charge in [-0.15, -0.1) is 0 Å². The van der Waals surface area contributed by atoms with Crippen LogP contribution < -0.4 is 10.1 Å². The van der Waals surface area contributed by atoms with E-state index in [9.17, 15) is 4.79 Å². The van der Waals surface area contributed by atoms with E-state index in [0.29, 0.717) is 33.3 Å². The number of hydrogen-bond acceptors (Lipinski definition) is 4. The number of carbonyl (C=O) groups excluding carboxylic acids is 1. The Morgan fingerprint density at radius 2 is 1.97 bits per heavy atom. The minimum Gasteiger partial charge on any atom is -0.496 e. The summed E-state index contributed by atoms with van der Waals surface area (Å²) >= 11 is 9.58. The van der Waals surface area contributed by atoms with Gasteiger partial charge in [-0.1, -0.05) is 17.7 Å². The zero-order valence-electron chi connectivity index (χ0n) is 15.6. The first kappa shape index (κ1) is 19.5. The smallest absolute Gasteiger partial charge is 0.255 e. The average Bonchev–Trinajstić information content (AvgIpc) is 3.13. The van der Waals surface area contributed by atoms with Crippen molar-refractivity contribution in [1.29, 1.82) is 0 Å². The number of rotatable bonds is 4. The Kier molecular flexibility index (Phi) is 5.30. The van der Waals surface area contributed by atoms with E-state index in [4.69, 9.17) is 20.8 Å². The lowest BCUT2D eigenvalue weighted by molar-refractivity contribution is 0.102. The Balaban J connectivity index is 1.60. The summed E-state index contributed by atoms with van der Waals surface area (Å²) in [5.74, 6) is 0.970. The molecule has 0 radical (unpaired) electrons. The zero-order valence-corrected chi connectivity index (χ0v) is 18.0. The van der Waals surface area contributed by atoms with Gasteiger partial charge in [0.25, 0.3) is 5.91 Å². The molecule has 0 aliphatic carbocycles. The Bertz CT molecular complexity index is 1240. The second kappa shape index (κ2) is 7.89. The summed E-state index contributed by atoms with van der Waals surface area (Å²) in [5.41, 5.74) is 4.12. The predicted molar refractivity (Wildman–Crippen MR) is 118 cm³/mol. The van der Waals surface area contributed by atoms with Crippen LogP contribution >= 0.6 is 27.5 Å². The van der Waals surface area contributed by atoms with Crippen LogP contribution in [0, 0.1) is 6.92 Å². The summed E-state index contributed by atoms with van der Waals surface area (Å²) in [5, 5.41) is 3.42. The summed E-state index contributed by atoms with van der Waals surface area (Å²) in [4.78, 5) is 17.1. The van der Waals surface area contributed by atoms with Crippen LogP contribution in [0.2, 0.25) is 5.02 Å². The topological polar surface area (TPSA) is 64.4 Å². The van der Waals surface area contributed by atoms with Gasteiger partial charge < -0.3 is 14.5 Å². The van der Waals surface area contributed by atoms with E-state index in [1.165, 1.54) is 0 Å². The maximum atomic E-state index is 12.5. The number of carbonyl (C=O) groups is 1. The van der Waals surface area contributed by atoms with E-state index in [1.807, 2.05) is 31.2 Å². The molecule has 4 aromatic rings. The molecule has 0 aliphatic rings. The summed E-state index contributed by atoms with van der Waals surface area (Å²) in [6.07, 6.45) is 0. The van der Waals surface area contributed by atoms with Gasteiger partial charge >= 0.3 is 0 Å². The Morgan fingerprint density at radius 3 is 2.69 bits per heavy atom. The van der Waals surface area contributed by atoms with Crippen LogP contribution in [0.3, 0.4) is 0 Å². The van der Waals surface area contributed by atoms with E-state index >= 15 is 0 Å². The first-order chi connectivity index (χ1) is 13.9. The summed E-state index contributed by atoms with van der Waals surface area (Å²) in [7, 11) is 1.61. The lowest BCUT2D eigenvalue weighted by Crippen LogP contribution is -2.11. The maximum absolute atomic E-state index is 12.5. The molecule has 29 heavy (non-hydrogen) atoms. The number of halogens is 2. The molecule has 0 bridgehead atoms. The van der Waals surface area contributed by atoms with Gasteiger partial charge in [0.2, 0.25) is 5.89 Å². The first-order valence-corrected chi connectivity index (χ1v) is 9.93. The van der Waals surface area contributed by atoms with Gasteiger partial charge in [0.1, 0.15) is 11.3 Å². The fraction of sp³-hybridized carbons (Fsp3) is 0.0909. The summed E-state index contributed by atoms with van der Waals surface area (Å²) in [6.45, 7) is 1.89. The molecular formula is C22H16BrClN2O3. The standard InChI is InChI=1S/C22H16BrClN2O3/c1-12-3-4-13(10-17(12)24)21(27)25-15-6-8-20-18(11-15)26-22(29-20)14-5-7-19(28-2)16(23)9-14/h3-11H,1-2H3,(H,25,27). The van der Waals surface area contributed by atoms with E-state index < -0.39 is 0 Å². The molecule has 1 amide bonds. The number of methoxy groups -OCH3 is 1. The minimum absolute atomic E-state index is 0.242. The third-order valence-corrected chi connectivity index (χ3v) is 5.51. The number of fused-ring (bicyclic) bond motifs is 1. The van der Waals surface area contributed by atoms with Gasteiger partial charge in [-0.05, 0) is 76.9 Å². The highest BCUT2D eigenvalue weighted by Crippen LogP contribution is 2.32. The molecule has 0 saturated carbocycles. The number of aryl methyl sites for hydroxylation is 1. The van der Waals surface area contributed by atoms with Crippen LogP contribution in [-0.2, 0) is 0 Å². The third-order valence-electron chi connectivity index (χ3n) is 4.48. The maximum Gasteiger partial charge on any atom is 0.255 e. The van der Waals surface area contributed by atoms with Gasteiger partial charge in [0.05, 0.1) is 11.6 Å². The van der Waals surface area contributed by atoms with Gasteiger partial charge in [-0.25, -0.2) is 4.98 Å². The molecule has 0 atom stereocenters. The second-order valence-corrected chi connectivity index (χ2v) is 7.73. The quantitative estimate of drug-likeness (QED) is 0.370. The van der Waals surface area contributed by atoms with E-state index in [2.05, 4.69) is 26.2 Å². The van der Waals surface area contributed by atoms with Crippen molar-refractivity contribution in [1.82, 2.24) is 4.98 Å². The highest BCUT2D eigenvalue weighted by molar-refractivity contribution is 9.10. The molecule has 0 saturated heterocycles. The van der Waals surface area contributed by atoms with Crippen LogP contribution in [-0.4, -0.2) is 18.0 Å². The third kappa shape index (κ3) is 3.99. The second-order valence-electron chi connectivity index (χ2n) is 6.47. The highest BCUT2D eigenvalue weighted by Gasteiger charge is 2.13. The number of amides is 1. The lowest BCUT2D eigenvalue weighted by atomic mass is 10.1. The molecule has 7 heteroatoms. The molecule has 0 unspecified atom stereocenters. The molecule has 0 spiro atoms. The number of nitrogens with one attached hydrogen (secondary N) is 1. The van der Waals surface area contributed by atoms with Crippen molar-refractivity contribution in [2.45, 2.75) is 6.92 Å². The molecular weight excluding hydrogens is 456 g/mol. The molecule has 1 aromatic heterocycles. The van der Waals surface area contributed by atoms with Crippen molar-refractivity contribution in [3.63, 3.8) is 0 Å². The SMILES string of the molecule is COc1ccc(-c2nc3cc(NC(=O)c4ccc(C)c(Cl)c4)ccc3o2)cc1Br. The van der Waals surface area contributed by atoms with Crippen molar-refractivity contribution >= 4 is 50.2 Å². The van der Waals surface area contributed by atoms with Crippen molar-refractivity contribution in [2.24, 2.45) is 0 Å². The zero-order chi connectivity index (χ0) is 20.5. The van der Waals surface area contributed by atoms with Crippen LogP contribution in [0.5, 0.6) is 5.75 Å².